The van der Waals surface area contributed by atoms with Gasteiger partial charge < -0.3 is 10.1 Å². The topological polar surface area (TPSA) is 119 Å². The lowest BCUT2D eigenvalue weighted by molar-refractivity contribution is -0.132. The minimum absolute atomic E-state index is 0.192. The number of ether oxygens (including phenoxy) is 1. The molecule has 10 heteroatoms. The fraction of sp³-hybridized carbons (Fsp3) is 0.297. The predicted octanol–water partition coefficient (Wildman–Crippen LogP) is 7.50. The number of carbonyl (C=O) groups is 2. The molecule has 0 aliphatic rings. The molecule has 0 aliphatic carbocycles. The van der Waals surface area contributed by atoms with Crippen LogP contribution in [0, 0.1) is 12.8 Å². The number of nitrogens with zero attached hydrogens (tertiary/aromatic N) is 3. The molecule has 3 amide bonds. The summed E-state index contributed by atoms with van der Waals surface area (Å²) in [5.41, 5.74) is 7.51. The van der Waals surface area contributed by atoms with Gasteiger partial charge in [-0.2, -0.15) is 5.10 Å². The molecule has 2 heterocycles. The molecule has 1 unspecified atom stereocenters. The van der Waals surface area contributed by atoms with Gasteiger partial charge in [-0.05, 0) is 61.2 Å². The van der Waals surface area contributed by atoms with Crippen molar-refractivity contribution in [2.24, 2.45) is 5.92 Å². The Balaban J connectivity index is 1.26. The molecule has 1 atom stereocenters. The van der Waals surface area contributed by atoms with E-state index >= 15 is 0 Å². The molecule has 0 radical (unpaired) electrons. The van der Waals surface area contributed by atoms with Gasteiger partial charge in [0.25, 0.3) is 0 Å². The summed E-state index contributed by atoms with van der Waals surface area (Å²) in [5.74, 6) is 1.27. The Morgan fingerprint density at radius 2 is 1.68 bits per heavy atom. The van der Waals surface area contributed by atoms with E-state index in [1.807, 2.05) is 85.8 Å². The number of pyridine rings is 1. The number of rotatable bonds is 11. The third-order valence-electron chi connectivity index (χ3n) is 7.55. The molecular weight excluding hydrogens is 592 g/mol. The van der Waals surface area contributed by atoms with E-state index in [0.717, 1.165) is 51.1 Å². The molecule has 0 saturated heterocycles. The number of aryl methyl sites for hydroxylation is 1. The van der Waals surface area contributed by atoms with Crippen LogP contribution < -0.4 is 20.9 Å². The lowest BCUT2D eigenvalue weighted by atomic mass is 9.92. The summed E-state index contributed by atoms with van der Waals surface area (Å²) in [5, 5.41) is 12.6. The van der Waals surface area contributed by atoms with Crippen LogP contribution in [-0.4, -0.2) is 33.3 Å². The van der Waals surface area contributed by atoms with E-state index in [9.17, 15) is 9.59 Å². The smallest absolute Gasteiger partial charge is 0.324 e. The number of fused-ring (bicyclic) bond motifs is 1. The number of nitrogens with one attached hydrogen (secondary N) is 3. The Labute approximate surface area is 275 Å². The molecule has 0 fully saturated rings. The number of anilines is 2. The Kier molecular flexibility index (Phi) is 10.2. The van der Waals surface area contributed by atoms with Gasteiger partial charge in [-0.25, -0.2) is 15.0 Å². The van der Waals surface area contributed by atoms with Crippen molar-refractivity contribution >= 4 is 34.2 Å². The summed E-state index contributed by atoms with van der Waals surface area (Å²) in [6.45, 7) is 12.5. The van der Waals surface area contributed by atoms with Crippen molar-refractivity contribution < 1.29 is 19.2 Å². The number of aromatic nitrogens is 3. The van der Waals surface area contributed by atoms with Crippen LogP contribution in [0.15, 0.2) is 85.1 Å². The van der Waals surface area contributed by atoms with Crippen LogP contribution in [0.4, 0.5) is 16.3 Å². The lowest BCUT2D eigenvalue weighted by Gasteiger charge is -2.17. The Bertz CT molecular complexity index is 1860. The van der Waals surface area contributed by atoms with E-state index in [4.69, 9.17) is 14.7 Å². The van der Waals surface area contributed by atoms with Crippen molar-refractivity contribution in [2.45, 2.75) is 60.0 Å². The molecule has 0 spiro atoms. The van der Waals surface area contributed by atoms with Gasteiger partial charge in [-0.3, -0.25) is 19.9 Å². The number of urea groups is 1. The molecule has 5 aromatic rings. The second-order valence-corrected chi connectivity index (χ2v) is 12.9. The van der Waals surface area contributed by atoms with Crippen molar-refractivity contribution in [1.82, 2.24) is 20.2 Å². The van der Waals surface area contributed by atoms with Gasteiger partial charge in [0.15, 0.2) is 0 Å². The van der Waals surface area contributed by atoms with E-state index in [-0.39, 0.29) is 29.9 Å². The molecule has 47 heavy (non-hydrogen) atoms. The molecule has 244 valence electrons. The molecule has 10 nitrogen and oxygen atoms in total. The fourth-order valence-corrected chi connectivity index (χ4v) is 5.13. The molecule has 3 aromatic carbocycles. The molecule has 3 N–H and O–H groups in total. The Morgan fingerprint density at radius 3 is 2.40 bits per heavy atom. The maximum Gasteiger partial charge on any atom is 0.324 e. The first kappa shape index (κ1) is 33.2. The van der Waals surface area contributed by atoms with Crippen LogP contribution in [0.3, 0.4) is 0 Å². The summed E-state index contributed by atoms with van der Waals surface area (Å²) in [6.07, 6.45) is 2.52. The minimum Gasteiger partial charge on any atom is -0.493 e. The highest BCUT2D eigenvalue weighted by Gasteiger charge is 2.22. The summed E-state index contributed by atoms with van der Waals surface area (Å²) in [7, 11) is 0. The van der Waals surface area contributed by atoms with Crippen LogP contribution in [0.1, 0.15) is 57.1 Å². The van der Waals surface area contributed by atoms with E-state index < -0.39 is 0 Å². The van der Waals surface area contributed by atoms with E-state index in [2.05, 4.69) is 48.8 Å². The van der Waals surface area contributed by atoms with E-state index in [1.54, 1.807) is 10.9 Å². The monoisotopic (exact) mass is 634 g/mol. The van der Waals surface area contributed by atoms with Crippen LogP contribution in [0.2, 0.25) is 0 Å². The summed E-state index contributed by atoms with van der Waals surface area (Å²) < 4.78 is 8.08. The van der Waals surface area contributed by atoms with Crippen LogP contribution in [-0.2, 0) is 28.1 Å². The van der Waals surface area contributed by atoms with Crippen molar-refractivity contribution in [3.63, 3.8) is 0 Å². The number of amides is 3. The molecule has 5 rings (SSSR count). The maximum absolute atomic E-state index is 13.4. The van der Waals surface area contributed by atoms with E-state index in [1.165, 1.54) is 6.92 Å². The van der Waals surface area contributed by atoms with Gasteiger partial charge in [-0.15, -0.1) is 0 Å². The normalized spacial score (nSPS) is 12.0. The average molecular weight is 635 g/mol. The van der Waals surface area contributed by atoms with Gasteiger partial charge in [-0.1, -0.05) is 69.7 Å². The molecule has 2 aromatic heterocycles. The molecule has 0 bridgehead atoms. The average Bonchev–Trinajstić information content (AvgIpc) is 3.45. The number of hydroxylamine groups is 1. The highest BCUT2D eigenvalue weighted by Crippen LogP contribution is 2.33. The SMILES string of the molecule is CC(=O)NOCc1cc(CC(C)COc2ccc(NC(=O)Nc3cc(C(C)(C)C)nn3-c3ccc(C)cc3)c3ccccc23)ccn1. The van der Waals surface area contributed by atoms with Gasteiger partial charge in [0.2, 0.25) is 5.91 Å². The Morgan fingerprint density at radius 1 is 0.936 bits per heavy atom. The predicted molar refractivity (Wildman–Crippen MR) is 185 cm³/mol. The largest absolute Gasteiger partial charge is 0.493 e. The number of hydrogen-bond acceptors (Lipinski definition) is 6. The maximum atomic E-state index is 13.4. The highest BCUT2D eigenvalue weighted by molar-refractivity contribution is 6.07. The summed E-state index contributed by atoms with van der Waals surface area (Å²) in [4.78, 5) is 33.9. The standard InChI is InChI=1S/C37H42N6O4/c1-24-11-13-29(14-12-24)43-35(21-34(41-43)37(4,5)6)40-36(45)39-32-15-16-33(31-10-8-7-9-30(31)32)46-22-25(2)19-27-17-18-38-28(20-27)23-47-42-26(3)44/h7-18,20-21,25H,19,22-23H2,1-6H3,(H,42,44)(H2,39,40,45). The van der Waals surface area contributed by atoms with E-state index in [0.29, 0.717) is 18.1 Å². The van der Waals surface area contributed by atoms with Gasteiger partial charge in [0.1, 0.15) is 18.2 Å². The van der Waals surface area contributed by atoms with Gasteiger partial charge in [0.05, 0.1) is 29.4 Å². The first-order valence-electron chi connectivity index (χ1n) is 15.7. The number of hydrogen-bond donors (Lipinski definition) is 3. The van der Waals surface area contributed by atoms with Crippen molar-refractivity contribution in [1.29, 1.82) is 0 Å². The zero-order chi connectivity index (χ0) is 33.6. The lowest BCUT2D eigenvalue weighted by Crippen LogP contribution is -2.21. The van der Waals surface area contributed by atoms with Crippen LogP contribution >= 0.6 is 0 Å². The minimum atomic E-state index is -0.370. The Hall–Kier alpha value is -5.22. The third-order valence-corrected chi connectivity index (χ3v) is 7.55. The van der Waals surface area contributed by atoms with Gasteiger partial charge >= 0.3 is 6.03 Å². The summed E-state index contributed by atoms with van der Waals surface area (Å²) >= 11 is 0. The molecular formula is C37H42N6O4. The second kappa shape index (κ2) is 14.5. The highest BCUT2D eigenvalue weighted by atomic mass is 16.6. The van der Waals surface area contributed by atoms with Crippen molar-refractivity contribution in [2.75, 3.05) is 17.2 Å². The van der Waals surface area contributed by atoms with Crippen molar-refractivity contribution in [3.05, 3.63) is 108 Å². The number of carbonyl (C=O) groups excluding carboxylic acids is 2. The second-order valence-electron chi connectivity index (χ2n) is 12.9. The first-order chi connectivity index (χ1) is 22.5. The zero-order valence-electron chi connectivity index (χ0n) is 27.8. The third kappa shape index (κ3) is 8.74. The summed E-state index contributed by atoms with van der Waals surface area (Å²) in [6, 6.07) is 25.1. The number of benzene rings is 3. The fourth-order valence-electron chi connectivity index (χ4n) is 5.13. The molecule has 0 aliphatic heterocycles. The van der Waals surface area contributed by atoms with Gasteiger partial charge in [0, 0.05) is 35.4 Å². The quantitative estimate of drug-likeness (QED) is 0.130. The molecule has 0 saturated carbocycles. The van der Waals surface area contributed by atoms with Crippen LogP contribution in [0.25, 0.3) is 16.5 Å². The zero-order valence-corrected chi connectivity index (χ0v) is 27.8. The first-order valence-corrected chi connectivity index (χ1v) is 15.7. The van der Waals surface area contributed by atoms with Crippen molar-refractivity contribution in [3.8, 4) is 11.4 Å². The van der Waals surface area contributed by atoms with Crippen LogP contribution in [0.5, 0.6) is 5.75 Å².